The molecule has 7 nitrogen and oxygen atoms in total. The molecule has 1 aromatic carbocycles. The van der Waals surface area contributed by atoms with Gasteiger partial charge in [0.05, 0.1) is 6.04 Å². The zero-order valence-corrected chi connectivity index (χ0v) is 16.0. The second kappa shape index (κ2) is 10.0. The van der Waals surface area contributed by atoms with E-state index in [1.54, 1.807) is 12.4 Å². The number of hydrogen-bond acceptors (Lipinski definition) is 4. The minimum absolute atomic E-state index is 0.138. The molecule has 3 rings (SSSR count). The molecule has 1 heterocycles. The molecule has 1 aliphatic carbocycles. The van der Waals surface area contributed by atoms with Crippen LogP contribution in [0.5, 0.6) is 0 Å². The molecule has 0 amide bonds. The molecule has 7 heteroatoms. The fraction of sp³-hybridized carbons (Fsp3) is 0.273. The van der Waals surface area contributed by atoms with E-state index in [-0.39, 0.29) is 12.5 Å². The van der Waals surface area contributed by atoms with Crippen LogP contribution in [0.25, 0.3) is 5.57 Å². The average molecular weight is 389 g/mol. The molecule has 2 aromatic rings. The van der Waals surface area contributed by atoms with Gasteiger partial charge in [-0.3, -0.25) is 15.1 Å². The maximum Gasteiger partial charge on any atom is 0.303 e. The van der Waals surface area contributed by atoms with Gasteiger partial charge in [0.15, 0.2) is 6.19 Å². The van der Waals surface area contributed by atoms with Crippen molar-refractivity contribution in [3.63, 3.8) is 0 Å². The highest BCUT2D eigenvalue weighted by Crippen LogP contribution is 2.27. The summed E-state index contributed by atoms with van der Waals surface area (Å²) in [5.41, 5.74) is 3.73. The molecular weight excluding hydrogens is 366 g/mol. The quantitative estimate of drug-likeness (QED) is 0.208. The van der Waals surface area contributed by atoms with Crippen LogP contribution in [0.15, 0.2) is 59.9 Å². The normalized spacial score (nSPS) is 14.2. The predicted octanol–water partition coefficient (Wildman–Crippen LogP) is 3.77. The summed E-state index contributed by atoms with van der Waals surface area (Å²) in [4.78, 5) is 19.5. The zero-order chi connectivity index (χ0) is 20.5. The van der Waals surface area contributed by atoms with Gasteiger partial charge in [-0.2, -0.15) is 5.26 Å². The second-order valence-electron chi connectivity index (χ2n) is 6.80. The summed E-state index contributed by atoms with van der Waals surface area (Å²) in [6.07, 6.45) is 10.9. The molecule has 1 aromatic heterocycles. The summed E-state index contributed by atoms with van der Waals surface area (Å²) in [6.45, 7) is 0. The van der Waals surface area contributed by atoms with E-state index in [1.807, 2.05) is 48.7 Å². The van der Waals surface area contributed by atoms with Crippen LogP contribution < -0.4 is 10.6 Å². The van der Waals surface area contributed by atoms with E-state index in [0.29, 0.717) is 18.8 Å². The average Bonchev–Trinajstić information content (AvgIpc) is 3.53. The number of pyridine rings is 1. The van der Waals surface area contributed by atoms with Crippen LogP contribution in [0.4, 0.5) is 5.69 Å². The number of carboxylic acid groups (broad SMARTS) is 1. The second-order valence-corrected chi connectivity index (χ2v) is 6.80. The van der Waals surface area contributed by atoms with Gasteiger partial charge in [-0.05, 0) is 55.0 Å². The van der Waals surface area contributed by atoms with Gasteiger partial charge >= 0.3 is 5.97 Å². The molecule has 0 saturated heterocycles. The summed E-state index contributed by atoms with van der Waals surface area (Å²) >= 11 is 0. The third kappa shape index (κ3) is 6.47. The molecule has 1 saturated carbocycles. The Balaban J connectivity index is 1.84. The first-order chi connectivity index (χ1) is 14.2. The van der Waals surface area contributed by atoms with Crippen molar-refractivity contribution >= 4 is 23.2 Å². The van der Waals surface area contributed by atoms with E-state index in [9.17, 15) is 4.79 Å². The van der Waals surface area contributed by atoms with Gasteiger partial charge in [0.2, 0.25) is 5.96 Å². The van der Waals surface area contributed by atoms with Crippen LogP contribution in [0.2, 0.25) is 0 Å². The Morgan fingerprint density at radius 3 is 2.83 bits per heavy atom. The number of aromatic nitrogens is 1. The number of carboxylic acids is 1. The number of hydrogen-bond donors (Lipinski definition) is 3. The molecular formula is C22H23N5O2. The standard InChI is InChI=1S/C22H23N5O2/c23-15-25-22(26-18-10-11-18)27-19-7-3-5-16(13-19)20(8-1-2-9-21(28)29)17-6-4-12-24-14-17/h3-8,12-14,18H,1-2,9-11H2,(H,28,29)(H2,25,26,27)/b20-8+. The number of unbranched alkanes of at least 4 members (excludes halogenated alkanes) is 1. The first-order valence-corrected chi connectivity index (χ1v) is 9.58. The summed E-state index contributed by atoms with van der Waals surface area (Å²) in [6, 6.07) is 12.0. The number of anilines is 1. The predicted molar refractivity (Wildman–Crippen MR) is 112 cm³/mol. The van der Waals surface area contributed by atoms with Crippen molar-refractivity contribution in [1.29, 1.82) is 5.26 Å². The van der Waals surface area contributed by atoms with Gasteiger partial charge in [-0.25, -0.2) is 4.99 Å². The Kier molecular flexibility index (Phi) is 6.95. The highest BCUT2D eigenvalue weighted by Gasteiger charge is 2.21. The maximum absolute atomic E-state index is 10.8. The number of carbonyl (C=O) groups is 1. The molecule has 3 N–H and O–H groups in total. The van der Waals surface area contributed by atoms with Crippen molar-refractivity contribution < 1.29 is 9.90 Å². The first kappa shape index (κ1) is 20.1. The fourth-order valence-electron chi connectivity index (χ4n) is 2.86. The molecule has 1 fully saturated rings. The van der Waals surface area contributed by atoms with E-state index >= 15 is 0 Å². The van der Waals surface area contributed by atoms with Crippen molar-refractivity contribution in [3.05, 3.63) is 66.0 Å². The minimum atomic E-state index is -0.792. The van der Waals surface area contributed by atoms with Gasteiger partial charge in [-0.15, -0.1) is 0 Å². The van der Waals surface area contributed by atoms with Crippen molar-refractivity contribution in [2.24, 2.45) is 4.99 Å². The lowest BCUT2D eigenvalue weighted by molar-refractivity contribution is -0.137. The molecule has 0 aliphatic heterocycles. The number of rotatable bonds is 8. The van der Waals surface area contributed by atoms with Gasteiger partial charge < -0.3 is 10.4 Å². The summed E-state index contributed by atoms with van der Waals surface area (Å²) in [7, 11) is 0. The molecule has 29 heavy (non-hydrogen) atoms. The molecule has 0 spiro atoms. The van der Waals surface area contributed by atoms with Gasteiger partial charge in [-0.1, -0.05) is 24.3 Å². The van der Waals surface area contributed by atoms with Crippen LogP contribution in [0, 0.1) is 11.5 Å². The third-order valence-corrected chi connectivity index (χ3v) is 4.38. The van der Waals surface area contributed by atoms with Crippen molar-refractivity contribution in [3.8, 4) is 6.19 Å². The van der Waals surface area contributed by atoms with Crippen LogP contribution >= 0.6 is 0 Å². The van der Waals surface area contributed by atoms with E-state index in [4.69, 9.17) is 10.4 Å². The van der Waals surface area contributed by atoms with Gasteiger partial charge in [0.1, 0.15) is 0 Å². The SMILES string of the molecule is N#CNC(=NC1CC1)Nc1cccc(/C(=C\CCCC(=O)O)c2cccnc2)c1. The van der Waals surface area contributed by atoms with Crippen molar-refractivity contribution in [2.45, 2.75) is 38.1 Å². The monoisotopic (exact) mass is 389 g/mol. The number of nitrogens with zero attached hydrogens (tertiary/aromatic N) is 3. The number of nitrogens with one attached hydrogen (secondary N) is 2. The Morgan fingerprint density at radius 1 is 1.31 bits per heavy atom. The molecule has 0 bridgehead atoms. The smallest absolute Gasteiger partial charge is 0.303 e. The molecule has 0 unspecified atom stereocenters. The van der Waals surface area contributed by atoms with Crippen LogP contribution in [-0.2, 0) is 4.79 Å². The fourth-order valence-corrected chi connectivity index (χ4v) is 2.86. The third-order valence-electron chi connectivity index (χ3n) is 4.38. The van der Waals surface area contributed by atoms with Crippen molar-refractivity contribution in [2.75, 3.05) is 5.32 Å². The van der Waals surface area contributed by atoms with Crippen LogP contribution in [0.1, 0.15) is 43.2 Å². The molecule has 0 atom stereocenters. The minimum Gasteiger partial charge on any atom is -0.481 e. The number of allylic oxidation sites excluding steroid dienone is 1. The number of guanidine groups is 1. The summed E-state index contributed by atoms with van der Waals surface area (Å²) < 4.78 is 0. The lowest BCUT2D eigenvalue weighted by Gasteiger charge is -2.12. The number of aliphatic carboxylic acids is 1. The summed E-state index contributed by atoms with van der Waals surface area (Å²) in [5.74, 6) is -0.347. The lowest BCUT2D eigenvalue weighted by atomic mass is 9.97. The lowest BCUT2D eigenvalue weighted by Crippen LogP contribution is -2.27. The largest absolute Gasteiger partial charge is 0.481 e. The number of benzene rings is 1. The number of aliphatic imine (C=N–C) groups is 1. The van der Waals surface area contributed by atoms with Crippen LogP contribution in [0.3, 0.4) is 0 Å². The topological polar surface area (TPSA) is 110 Å². The Hall–Kier alpha value is -3.66. The van der Waals surface area contributed by atoms with Gasteiger partial charge in [0.25, 0.3) is 0 Å². The van der Waals surface area contributed by atoms with E-state index < -0.39 is 5.97 Å². The molecule has 1 aliphatic rings. The zero-order valence-electron chi connectivity index (χ0n) is 16.0. The maximum atomic E-state index is 10.8. The highest BCUT2D eigenvalue weighted by atomic mass is 16.4. The Labute approximate surface area is 169 Å². The van der Waals surface area contributed by atoms with Crippen LogP contribution in [-0.4, -0.2) is 28.1 Å². The first-order valence-electron chi connectivity index (χ1n) is 9.58. The van der Waals surface area contributed by atoms with E-state index in [0.717, 1.165) is 35.2 Å². The Bertz CT molecular complexity index is 943. The van der Waals surface area contributed by atoms with Gasteiger partial charge in [0, 0.05) is 30.1 Å². The van der Waals surface area contributed by atoms with Crippen molar-refractivity contribution in [1.82, 2.24) is 10.3 Å². The highest BCUT2D eigenvalue weighted by molar-refractivity contribution is 5.95. The molecule has 148 valence electrons. The molecule has 0 radical (unpaired) electrons. The summed E-state index contributed by atoms with van der Waals surface area (Å²) in [5, 5.41) is 23.6. The number of nitriles is 1. The Morgan fingerprint density at radius 2 is 2.14 bits per heavy atom. The van der Waals surface area contributed by atoms with E-state index in [2.05, 4.69) is 20.6 Å². The van der Waals surface area contributed by atoms with E-state index in [1.165, 1.54) is 0 Å².